The number of hydrogen-bond acceptors (Lipinski definition) is 8. The minimum absolute atomic E-state index is 0.0860. The number of sulfonamides is 1. The number of piperidine rings is 1. The summed E-state index contributed by atoms with van der Waals surface area (Å²) in [5.74, 6) is -1.66. The lowest BCUT2D eigenvalue weighted by atomic mass is 9.98. The molecule has 1 aliphatic heterocycles. The number of carbonyl (C=O) groups excluding carboxylic acids is 3. The third-order valence-electron chi connectivity index (χ3n) is 5.20. The Balaban J connectivity index is 1.50. The van der Waals surface area contributed by atoms with E-state index in [0.717, 1.165) is 0 Å². The first-order chi connectivity index (χ1) is 16.3. The SMILES string of the molecule is CCOC(=O)c1ccc(S(=O)(=O)N2CCC(C(=O)NNC(=O)c3ccc(OCC)cc3)CC2)o1. The molecule has 0 atom stereocenters. The first-order valence-corrected chi connectivity index (χ1v) is 12.3. The van der Waals surface area contributed by atoms with Crippen LogP contribution in [-0.4, -0.2) is 56.8 Å². The van der Waals surface area contributed by atoms with Gasteiger partial charge in [0.2, 0.25) is 16.8 Å². The van der Waals surface area contributed by atoms with E-state index in [0.29, 0.717) is 17.9 Å². The number of esters is 1. The van der Waals surface area contributed by atoms with Gasteiger partial charge in [0.15, 0.2) is 0 Å². The highest BCUT2D eigenvalue weighted by molar-refractivity contribution is 7.89. The number of nitrogens with one attached hydrogen (secondary N) is 2. The molecule has 0 unspecified atom stereocenters. The Morgan fingerprint density at radius 1 is 1.00 bits per heavy atom. The first-order valence-electron chi connectivity index (χ1n) is 10.9. The van der Waals surface area contributed by atoms with Gasteiger partial charge in [0.1, 0.15) is 5.75 Å². The average Bonchev–Trinajstić information content (AvgIpc) is 3.35. The predicted octanol–water partition coefficient (Wildman–Crippen LogP) is 1.72. The second-order valence-corrected chi connectivity index (χ2v) is 9.29. The first kappa shape index (κ1) is 25.2. The van der Waals surface area contributed by atoms with E-state index in [-0.39, 0.29) is 43.4 Å². The molecule has 1 saturated heterocycles. The van der Waals surface area contributed by atoms with Crippen molar-refractivity contribution in [3.05, 3.63) is 47.7 Å². The third kappa shape index (κ3) is 5.94. The number of furan rings is 1. The number of hydrazine groups is 1. The summed E-state index contributed by atoms with van der Waals surface area (Å²) >= 11 is 0. The Bertz CT molecular complexity index is 1120. The van der Waals surface area contributed by atoms with E-state index in [2.05, 4.69) is 10.9 Å². The monoisotopic (exact) mass is 493 g/mol. The normalized spacial score (nSPS) is 14.9. The highest BCUT2D eigenvalue weighted by Crippen LogP contribution is 2.25. The summed E-state index contributed by atoms with van der Waals surface area (Å²) in [6.07, 6.45) is 0.519. The highest BCUT2D eigenvalue weighted by atomic mass is 32.2. The van der Waals surface area contributed by atoms with Crippen molar-refractivity contribution in [2.24, 2.45) is 5.92 Å². The Morgan fingerprint density at radius 2 is 1.68 bits per heavy atom. The quantitative estimate of drug-likeness (QED) is 0.418. The van der Waals surface area contributed by atoms with Gasteiger partial charge in [-0.3, -0.25) is 20.4 Å². The van der Waals surface area contributed by atoms with E-state index in [4.69, 9.17) is 13.9 Å². The molecule has 11 nitrogen and oxygen atoms in total. The van der Waals surface area contributed by atoms with Gasteiger partial charge in [-0.05, 0) is 63.1 Å². The summed E-state index contributed by atoms with van der Waals surface area (Å²) in [6.45, 7) is 4.31. The number of ether oxygens (including phenoxy) is 2. The van der Waals surface area contributed by atoms with E-state index in [1.165, 1.54) is 16.4 Å². The van der Waals surface area contributed by atoms with Gasteiger partial charge in [-0.15, -0.1) is 0 Å². The molecule has 3 rings (SSSR count). The van der Waals surface area contributed by atoms with Gasteiger partial charge in [-0.2, -0.15) is 4.31 Å². The molecular weight excluding hydrogens is 466 g/mol. The molecule has 2 N–H and O–H groups in total. The lowest BCUT2D eigenvalue weighted by Gasteiger charge is -2.29. The van der Waals surface area contributed by atoms with Gasteiger partial charge >= 0.3 is 5.97 Å². The number of amides is 2. The molecule has 0 saturated carbocycles. The molecule has 2 amide bonds. The fraction of sp³-hybridized carbons (Fsp3) is 0.409. The van der Waals surface area contributed by atoms with Crippen molar-refractivity contribution < 1.29 is 36.7 Å². The molecule has 0 radical (unpaired) electrons. The minimum Gasteiger partial charge on any atom is -0.494 e. The van der Waals surface area contributed by atoms with Gasteiger partial charge < -0.3 is 13.9 Å². The Labute approximate surface area is 197 Å². The lowest BCUT2D eigenvalue weighted by molar-refractivity contribution is -0.126. The summed E-state index contributed by atoms with van der Waals surface area (Å²) in [7, 11) is -3.96. The zero-order valence-electron chi connectivity index (χ0n) is 18.9. The van der Waals surface area contributed by atoms with Gasteiger partial charge in [-0.25, -0.2) is 13.2 Å². The highest BCUT2D eigenvalue weighted by Gasteiger charge is 2.34. The number of benzene rings is 1. The fourth-order valence-electron chi connectivity index (χ4n) is 3.42. The summed E-state index contributed by atoms with van der Waals surface area (Å²) in [5.41, 5.74) is 5.12. The lowest BCUT2D eigenvalue weighted by Crippen LogP contribution is -2.48. The number of hydrogen-bond donors (Lipinski definition) is 2. The molecule has 184 valence electrons. The Hall–Kier alpha value is -3.38. The van der Waals surface area contributed by atoms with Crippen LogP contribution in [0.1, 0.15) is 47.6 Å². The molecule has 34 heavy (non-hydrogen) atoms. The van der Waals surface area contributed by atoms with Crippen molar-refractivity contribution in [3.63, 3.8) is 0 Å². The average molecular weight is 494 g/mol. The van der Waals surface area contributed by atoms with Crippen molar-refractivity contribution in [1.29, 1.82) is 0 Å². The van der Waals surface area contributed by atoms with Crippen molar-refractivity contribution >= 4 is 27.8 Å². The Morgan fingerprint density at radius 3 is 2.29 bits per heavy atom. The fourth-order valence-corrected chi connectivity index (χ4v) is 4.80. The van der Waals surface area contributed by atoms with E-state index in [9.17, 15) is 22.8 Å². The van der Waals surface area contributed by atoms with Crippen LogP contribution in [0.4, 0.5) is 0 Å². The van der Waals surface area contributed by atoms with E-state index in [1.807, 2.05) is 6.92 Å². The maximum atomic E-state index is 12.8. The van der Waals surface area contributed by atoms with Crippen LogP contribution in [-0.2, 0) is 19.6 Å². The zero-order valence-corrected chi connectivity index (χ0v) is 19.7. The standard InChI is InChI=1S/C22H27N3O8S/c1-3-31-17-7-5-15(6-8-17)20(26)23-24-21(27)16-11-13-25(14-12-16)34(29,30)19-10-9-18(33-19)22(28)32-4-2/h5-10,16H,3-4,11-14H2,1-2H3,(H,23,26)(H,24,27). The van der Waals surface area contributed by atoms with Crippen LogP contribution >= 0.6 is 0 Å². The third-order valence-corrected chi connectivity index (χ3v) is 6.98. The molecule has 1 aliphatic rings. The van der Waals surface area contributed by atoms with Crippen molar-refractivity contribution in [2.75, 3.05) is 26.3 Å². The molecule has 2 heterocycles. The largest absolute Gasteiger partial charge is 0.494 e. The number of carbonyl (C=O) groups is 3. The predicted molar refractivity (Wildman–Crippen MR) is 119 cm³/mol. The van der Waals surface area contributed by atoms with Gasteiger partial charge in [0.05, 0.1) is 13.2 Å². The molecule has 0 aliphatic carbocycles. The molecular formula is C22H27N3O8S. The van der Waals surface area contributed by atoms with E-state index >= 15 is 0 Å². The van der Waals surface area contributed by atoms with E-state index < -0.39 is 33.7 Å². The molecule has 1 fully saturated rings. The summed E-state index contributed by atoms with van der Waals surface area (Å²) in [6, 6.07) is 8.93. The van der Waals surface area contributed by atoms with Crippen LogP contribution < -0.4 is 15.6 Å². The van der Waals surface area contributed by atoms with Crippen molar-refractivity contribution in [3.8, 4) is 5.75 Å². The van der Waals surface area contributed by atoms with Crippen LogP contribution in [0.2, 0.25) is 0 Å². The number of rotatable bonds is 8. The second kappa shape index (κ2) is 11.2. The molecule has 1 aromatic carbocycles. The van der Waals surface area contributed by atoms with Gasteiger partial charge in [-0.1, -0.05) is 0 Å². The molecule has 0 spiro atoms. The van der Waals surface area contributed by atoms with Gasteiger partial charge in [0.25, 0.3) is 15.9 Å². The van der Waals surface area contributed by atoms with Crippen LogP contribution in [0, 0.1) is 5.92 Å². The van der Waals surface area contributed by atoms with Gasteiger partial charge in [0, 0.05) is 24.6 Å². The minimum atomic E-state index is -3.96. The number of nitrogens with zero attached hydrogens (tertiary/aromatic N) is 1. The van der Waals surface area contributed by atoms with E-state index in [1.54, 1.807) is 31.2 Å². The summed E-state index contributed by atoms with van der Waals surface area (Å²) < 4.78 is 42.1. The molecule has 1 aromatic heterocycles. The topological polar surface area (TPSA) is 144 Å². The summed E-state index contributed by atoms with van der Waals surface area (Å²) in [5, 5.41) is -0.360. The zero-order chi connectivity index (χ0) is 24.7. The van der Waals surface area contributed by atoms with Crippen LogP contribution in [0.3, 0.4) is 0 Å². The molecule has 12 heteroatoms. The summed E-state index contributed by atoms with van der Waals surface area (Å²) in [4.78, 5) is 36.4. The van der Waals surface area contributed by atoms with Crippen LogP contribution in [0.25, 0.3) is 0 Å². The van der Waals surface area contributed by atoms with Crippen LogP contribution in [0.5, 0.6) is 5.75 Å². The maximum absolute atomic E-state index is 12.8. The second-order valence-electron chi connectivity index (χ2n) is 7.42. The maximum Gasteiger partial charge on any atom is 0.374 e. The van der Waals surface area contributed by atoms with Crippen molar-refractivity contribution in [1.82, 2.24) is 15.2 Å². The smallest absolute Gasteiger partial charge is 0.374 e. The van der Waals surface area contributed by atoms with Crippen molar-refractivity contribution in [2.45, 2.75) is 31.8 Å². The molecule has 2 aromatic rings. The molecule has 0 bridgehead atoms. The Kier molecular flexibility index (Phi) is 8.29. The van der Waals surface area contributed by atoms with Crippen LogP contribution in [0.15, 0.2) is 45.9 Å².